The molecule has 1 saturated heterocycles. The van der Waals surface area contributed by atoms with Crippen molar-refractivity contribution in [3.05, 3.63) is 25.3 Å². The maximum absolute atomic E-state index is 11.1. The normalized spacial score (nSPS) is 44.2. The van der Waals surface area contributed by atoms with E-state index in [0.717, 1.165) is 6.42 Å². The quantitative estimate of drug-likeness (QED) is 0.479. The molecule has 1 heterocycles. The fourth-order valence-corrected chi connectivity index (χ4v) is 2.34. The first-order valence-electron chi connectivity index (χ1n) is 4.33. The van der Waals surface area contributed by atoms with Gasteiger partial charge in [0.05, 0.1) is 5.92 Å². The lowest BCUT2D eigenvalue weighted by Gasteiger charge is -2.35. The van der Waals surface area contributed by atoms with Crippen molar-refractivity contribution < 1.29 is 4.79 Å². The van der Waals surface area contributed by atoms with Gasteiger partial charge >= 0.3 is 0 Å². The minimum atomic E-state index is 0.186. The highest BCUT2D eigenvalue weighted by atomic mass is 16.2. The number of β-lactam (4-membered cyclic amide) rings is 1. The lowest BCUT2D eigenvalue weighted by Crippen LogP contribution is -2.58. The van der Waals surface area contributed by atoms with Gasteiger partial charge in [0.1, 0.15) is 0 Å². The molecule has 64 valence electrons. The molecular formula is C10H13NO. The van der Waals surface area contributed by atoms with Gasteiger partial charge in [-0.3, -0.25) is 4.79 Å². The fraction of sp³-hybridized carbons (Fsp3) is 0.500. The number of carbonyl (C=O) groups excluding carboxylic acids is 1. The van der Waals surface area contributed by atoms with E-state index < -0.39 is 0 Å². The molecule has 2 fully saturated rings. The Balaban J connectivity index is 2.18. The number of amides is 1. The van der Waals surface area contributed by atoms with E-state index in [4.69, 9.17) is 0 Å². The van der Waals surface area contributed by atoms with E-state index in [1.807, 2.05) is 12.2 Å². The molecule has 1 amide bonds. The molecule has 0 unspecified atom stereocenters. The number of carbonyl (C=O) groups is 1. The van der Waals surface area contributed by atoms with Gasteiger partial charge in [-0.15, -0.1) is 13.2 Å². The van der Waals surface area contributed by atoms with Crippen LogP contribution in [0.2, 0.25) is 0 Å². The molecule has 1 saturated carbocycles. The summed E-state index contributed by atoms with van der Waals surface area (Å²) in [6.07, 6.45) is 4.88. The largest absolute Gasteiger partial charge is 0.352 e. The average Bonchev–Trinajstić information content (AvgIpc) is 2.36. The van der Waals surface area contributed by atoms with Crippen LogP contribution < -0.4 is 5.32 Å². The number of hydrogen-bond donors (Lipinski definition) is 1. The van der Waals surface area contributed by atoms with E-state index in [2.05, 4.69) is 18.5 Å². The lowest BCUT2D eigenvalue weighted by molar-refractivity contribution is -0.135. The smallest absolute Gasteiger partial charge is 0.226 e. The summed E-state index contributed by atoms with van der Waals surface area (Å²) >= 11 is 0. The van der Waals surface area contributed by atoms with Gasteiger partial charge in [0.2, 0.25) is 5.91 Å². The van der Waals surface area contributed by atoms with Crippen LogP contribution in [0.25, 0.3) is 0 Å². The summed E-state index contributed by atoms with van der Waals surface area (Å²) in [5, 5.41) is 2.91. The molecule has 0 radical (unpaired) electrons. The first-order valence-corrected chi connectivity index (χ1v) is 4.33. The summed E-state index contributed by atoms with van der Waals surface area (Å²) in [5.74, 6) is 1.20. The molecule has 0 aromatic rings. The van der Waals surface area contributed by atoms with Crippen LogP contribution in [0.3, 0.4) is 0 Å². The van der Waals surface area contributed by atoms with Crippen LogP contribution in [0.4, 0.5) is 0 Å². The second kappa shape index (κ2) is 2.47. The van der Waals surface area contributed by atoms with Gasteiger partial charge in [-0.2, -0.15) is 0 Å². The zero-order valence-corrected chi connectivity index (χ0v) is 6.99. The molecule has 2 heteroatoms. The van der Waals surface area contributed by atoms with Crippen LogP contribution >= 0.6 is 0 Å². The zero-order valence-electron chi connectivity index (χ0n) is 6.99. The number of rotatable bonds is 2. The molecule has 2 aliphatic rings. The SMILES string of the molecule is C=C[C@@H]1C[C@H](C=C)[C@H]2NC(=O)[C@H]21. The molecule has 1 N–H and O–H groups in total. The Morgan fingerprint density at radius 2 is 2.00 bits per heavy atom. The maximum Gasteiger partial charge on any atom is 0.226 e. The van der Waals surface area contributed by atoms with Gasteiger partial charge in [-0.1, -0.05) is 12.2 Å². The third-order valence-electron chi connectivity index (χ3n) is 3.07. The van der Waals surface area contributed by atoms with Gasteiger partial charge in [-0.25, -0.2) is 0 Å². The van der Waals surface area contributed by atoms with Crippen LogP contribution in [0.5, 0.6) is 0 Å². The van der Waals surface area contributed by atoms with Gasteiger partial charge in [0.25, 0.3) is 0 Å². The number of allylic oxidation sites excluding steroid dienone is 1. The van der Waals surface area contributed by atoms with E-state index in [-0.39, 0.29) is 11.8 Å². The summed E-state index contributed by atoms with van der Waals surface area (Å²) < 4.78 is 0. The third kappa shape index (κ3) is 0.779. The Hall–Kier alpha value is -1.05. The average molecular weight is 163 g/mol. The van der Waals surface area contributed by atoms with Crippen LogP contribution in [0.1, 0.15) is 6.42 Å². The predicted octanol–water partition coefficient (Wildman–Crippen LogP) is 1.11. The lowest BCUT2D eigenvalue weighted by atomic mass is 9.85. The minimum absolute atomic E-state index is 0.186. The highest BCUT2D eigenvalue weighted by molar-refractivity contribution is 5.87. The van der Waals surface area contributed by atoms with Crippen LogP contribution in [0, 0.1) is 17.8 Å². The van der Waals surface area contributed by atoms with Crippen molar-refractivity contribution in [1.82, 2.24) is 5.32 Å². The third-order valence-corrected chi connectivity index (χ3v) is 3.07. The highest BCUT2D eigenvalue weighted by Gasteiger charge is 2.52. The molecule has 0 aromatic carbocycles. The minimum Gasteiger partial charge on any atom is -0.352 e. The molecule has 2 rings (SSSR count). The van der Waals surface area contributed by atoms with Crippen LogP contribution in [0.15, 0.2) is 25.3 Å². The summed E-state index contributed by atoms with van der Waals surface area (Å²) in [6, 6.07) is 0.345. The zero-order chi connectivity index (χ0) is 8.72. The molecule has 2 nitrogen and oxygen atoms in total. The second-order valence-electron chi connectivity index (χ2n) is 3.59. The van der Waals surface area contributed by atoms with Gasteiger partial charge < -0.3 is 5.32 Å². The van der Waals surface area contributed by atoms with Gasteiger partial charge in [0.15, 0.2) is 0 Å². The molecule has 1 aliphatic heterocycles. The van der Waals surface area contributed by atoms with Crippen molar-refractivity contribution in [2.24, 2.45) is 17.8 Å². The van der Waals surface area contributed by atoms with E-state index in [0.29, 0.717) is 17.9 Å². The predicted molar refractivity (Wildman–Crippen MR) is 47.4 cm³/mol. The second-order valence-corrected chi connectivity index (χ2v) is 3.59. The molecule has 0 bridgehead atoms. The van der Waals surface area contributed by atoms with E-state index >= 15 is 0 Å². The summed E-state index contributed by atoms with van der Waals surface area (Å²) in [7, 11) is 0. The van der Waals surface area contributed by atoms with Crippen molar-refractivity contribution in [2.75, 3.05) is 0 Å². The van der Waals surface area contributed by atoms with Crippen molar-refractivity contribution in [3.8, 4) is 0 Å². The molecular weight excluding hydrogens is 150 g/mol. The van der Waals surface area contributed by atoms with Gasteiger partial charge in [0, 0.05) is 6.04 Å². The van der Waals surface area contributed by atoms with Crippen LogP contribution in [-0.2, 0) is 4.79 Å². The number of fused-ring (bicyclic) bond motifs is 1. The first-order chi connectivity index (χ1) is 5.77. The molecule has 0 aromatic heterocycles. The Kier molecular flexibility index (Phi) is 1.56. The van der Waals surface area contributed by atoms with E-state index in [1.54, 1.807) is 0 Å². The molecule has 1 aliphatic carbocycles. The number of nitrogens with one attached hydrogen (secondary N) is 1. The molecule has 4 atom stereocenters. The Labute approximate surface area is 72.3 Å². The molecule has 0 spiro atoms. The Bertz CT molecular complexity index is 246. The topological polar surface area (TPSA) is 29.1 Å². The van der Waals surface area contributed by atoms with Crippen molar-refractivity contribution in [3.63, 3.8) is 0 Å². The summed E-state index contributed by atoms with van der Waals surface area (Å²) in [6.45, 7) is 7.52. The van der Waals surface area contributed by atoms with Crippen molar-refractivity contribution >= 4 is 5.91 Å². The fourth-order valence-electron chi connectivity index (χ4n) is 2.34. The first kappa shape index (κ1) is 7.59. The van der Waals surface area contributed by atoms with Crippen molar-refractivity contribution in [2.45, 2.75) is 12.5 Å². The Morgan fingerprint density at radius 3 is 2.42 bits per heavy atom. The van der Waals surface area contributed by atoms with Crippen LogP contribution in [-0.4, -0.2) is 11.9 Å². The summed E-state index contributed by atoms with van der Waals surface area (Å²) in [5.41, 5.74) is 0. The summed E-state index contributed by atoms with van der Waals surface area (Å²) in [4.78, 5) is 11.1. The maximum atomic E-state index is 11.1. The van der Waals surface area contributed by atoms with E-state index in [1.165, 1.54) is 0 Å². The van der Waals surface area contributed by atoms with Crippen molar-refractivity contribution in [1.29, 1.82) is 0 Å². The Morgan fingerprint density at radius 1 is 1.33 bits per heavy atom. The van der Waals surface area contributed by atoms with Gasteiger partial charge in [-0.05, 0) is 18.3 Å². The van der Waals surface area contributed by atoms with E-state index in [9.17, 15) is 4.79 Å². The highest BCUT2D eigenvalue weighted by Crippen LogP contribution is 2.42. The number of hydrogen-bond acceptors (Lipinski definition) is 1. The monoisotopic (exact) mass is 163 g/mol. The molecule has 12 heavy (non-hydrogen) atoms. The standard InChI is InChI=1S/C10H13NO/c1-3-6-5-7(4-2)9-8(6)10(12)11-9/h3-4,6-9H,1-2,5H2,(H,11,12)/t6-,7+,8+,9-/m1/s1.